The maximum Gasteiger partial charge on any atom is 0.226 e. The molecule has 3 heterocycles. The van der Waals surface area contributed by atoms with E-state index in [9.17, 15) is 0 Å². The second-order valence-electron chi connectivity index (χ2n) is 6.55. The van der Waals surface area contributed by atoms with Crippen molar-refractivity contribution in [1.29, 1.82) is 0 Å². The summed E-state index contributed by atoms with van der Waals surface area (Å²) in [4.78, 5) is 12.9. The zero-order valence-corrected chi connectivity index (χ0v) is 14.0. The van der Waals surface area contributed by atoms with E-state index in [4.69, 9.17) is 4.98 Å². The van der Waals surface area contributed by atoms with E-state index in [1.807, 2.05) is 0 Å². The molecule has 2 aromatic heterocycles. The summed E-state index contributed by atoms with van der Waals surface area (Å²) in [5.41, 5.74) is 0.444. The van der Waals surface area contributed by atoms with Crippen LogP contribution in [0, 0.1) is 5.41 Å². The summed E-state index contributed by atoms with van der Waals surface area (Å²) in [5, 5.41) is 6.57. The molecule has 3 rings (SSSR count). The van der Waals surface area contributed by atoms with Crippen molar-refractivity contribution >= 4 is 33.3 Å². The standard InChI is InChI=1S/C16H24N4S/c1-4-17-15-18-13(12-6-11-21-14(12)19-15)20-9-5-7-16(2,3)8-10-20/h6,11H,4-5,7-10H2,1-3H3,(H,17,18,19). The Morgan fingerprint density at radius 2 is 2.14 bits per heavy atom. The first-order chi connectivity index (χ1) is 10.1. The molecule has 21 heavy (non-hydrogen) atoms. The smallest absolute Gasteiger partial charge is 0.226 e. The first kappa shape index (κ1) is 14.6. The van der Waals surface area contributed by atoms with E-state index in [1.165, 1.54) is 24.6 Å². The Labute approximate surface area is 130 Å². The summed E-state index contributed by atoms with van der Waals surface area (Å²) in [5.74, 6) is 1.86. The van der Waals surface area contributed by atoms with Crippen LogP contribution >= 0.6 is 11.3 Å². The molecule has 0 saturated carbocycles. The van der Waals surface area contributed by atoms with Gasteiger partial charge in [0, 0.05) is 19.6 Å². The van der Waals surface area contributed by atoms with Crippen LogP contribution in [0.2, 0.25) is 0 Å². The molecule has 1 N–H and O–H groups in total. The lowest BCUT2D eigenvalue weighted by Crippen LogP contribution is -2.26. The van der Waals surface area contributed by atoms with Crippen LogP contribution < -0.4 is 10.2 Å². The predicted octanol–water partition coefficient (Wildman–Crippen LogP) is 4.14. The summed E-state index contributed by atoms with van der Waals surface area (Å²) >= 11 is 1.69. The third-order valence-corrected chi connectivity index (χ3v) is 5.09. The van der Waals surface area contributed by atoms with Crippen molar-refractivity contribution in [2.75, 3.05) is 29.9 Å². The molecular formula is C16H24N4S. The number of hydrogen-bond donors (Lipinski definition) is 1. The van der Waals surface area contributed by atoms with E-state index in [0.717, 1.165) is 36.2 Å². The van der Waals surface area contributed by atoms with Gasteiger partial charge in [-0.1, -0.05) is 13.8 Å². The maximum absolute atomic E-state index is 4.79. The van der Waals surface area contributed by atoms with Gasteiger partial charge in [0.05, 0.1) is 5.39 Å². The molecule has 0 amide bonds. The van der Waals surface area contributed by atoms with Gasteiger partial charge in [-0.15, -0.1) is 11.3 Å². The van der Waals surface area contributed by atoms with Crippen LogP contribution in [0.4, 0.5) is 11.8 Å². The van der Waals surface area contributed by atoms with Gasteiger partial charge in [-0.05, 0) is 43.0 Å². The van der Waals surface area contributed by atoms with Crippen molar-refractivity contribution in [3.05, 3.63) is 11.4 Å². The van der Waals surface area contributed by atoms with Gasteiger partial charge >= 0.3 is 0 Å². The lowest BCUT2D eigenvalue weighted by atomic mass is 9.85. The lowest BCUT2D eigenvalue weighted by Gasteiger charge is -2.24. The van der Waals surface area contributed by atoms with Crippen LogP contribution in [0.3, 0.4) is 0 Å². The number of anilines is 2. The molecular weight excluding hydrogens is 280 g/mol. The molecule has 0 atom stereocenters. The summed E-state index contributed by atoms with van der Waals surface area (Å²) in [6.45, 7) is 9.86. The highest BCUT2D eigenvalue weighted by molar-refractivity contribution is 7.16. The molecule has 1 aliphatic rings. The molecule has 4 nitrogen and oxygen atoms in total. The molecule has 0 aromatic carbocycles. The Balaban J connectivity index is 1.96. The van der Waals surface area contributed by atoms with Crippen molar-refractivity contribution in [2.24, 2.45) is 5.41 Å². The van der Waals surface area contributed by atoms with Gasteiger partial charge in [0.2, 0.25) is 5.95 Å². The number of thiophene rings is 1. The van der Waals surface area contributed by atoms with E-state index < -0.39 is 0 Å². The minimum atomic E-state index is 0.444. The van der Waals surface area contributed by atoms with Gasteiger partial charge in [-0.2, -0.15) is 4.98 Å². The van der Waals surface area contributed by atoms with Crippen LogP contribution in [-0.2, 0) is 0 Å². The number of nitrogens with zero attached hydrogens (tertiary/aromatic N) is 3. The highest BCUT2D eigenvalue weighted by atomic mass is 32.1. The van der Waals surface area contributed by atoms with Gasteiger partial charge in [0.15, 0.2) is 0 Å². The summed E-state index contributed by atoms with van der Waals surface area (Å²) in [6.07, 6.45) is 3.75. The first-order valence-electron chi connectivity index (χ1n) is 7.83. The Morgan fingerprint density at radius 1 is 1.29 bits per heavy atom. The fraction of sp³-hybridized carbons (Fsp3) is 0.625. The van der Waals surface area contributed by atoms with Crippen LogP contribution in [-0.4, -0.2) is 29.6 Å². The summed E-state index contributed by atoms with van der Waals surface area (Å²) in [7, 11) is 0. The van der Waals surface area contributed by atoms with Crippen molar-refractivity contribution < 1.29 is 0 Å². The van der Waals surface area contributed by atoms with E-state index in [2.05, 4.69) is 47.4 Å². The Morgan fingerprint density at radius 3 is 2.95 bits per heavy atom. The monoisotopic (exact) mass is 304 g/mol. The highest BCUT2D eigenvalue weighted by Gasteiger charge is 2.25. The van der Waals surface area contributed by atoms with Crippen molar-refractivity contribution in [3.63, 3.8) is 0 Å². The average Bonchev–Trinajstić information content (AvgIpc) is 2.83. The summed E-state index contributed by atoms with van der Waals surface area (Å²) in [6, 6.07) is 2.15. The predicted molar refractivity (Wildman–Crippen MR) is 91.4 cm³/mol. The van der Waals surface area contributed by atoms with Gasteiger partial charge in [-0.25, -0.2) is 4.98 Å². The Kier molecular flexibility index (Phi) is 4.02. The van der Waals surface area contributed by atoms with Gasteiger partial charge in [0.25, 0.3) is 0 Å². The zero-order chi connectivity index (χ0) is 14.9. The fourth-order valence-corrected chi connectivity index (χ4v) is 3.71. The van der Waals surface area contributed by atoms with Crippen LogP contribution in [0.1, 0.15) is 40.0 Å². The molecule has 0 aliphatic carbocycles. The Bertz CT molecular complexity index is 620. The number of fused-ring (bicyclic) bond motifs is 1. The third kappa shape index (κ3) is 3.12. The molecule has 1 fully saturated rings. The van der Waals surface area contributed by atoms with E-state index in [1.54, 1.807) is 11.3 Å². The zero-order valence-electron chi connectivity index (χ0n) is 13.1. The Hall–Kier alpha value is -1.36. The lowest BCUT2D eigenvalue weighted by molar-refractivity contribution is 0.325. The number of aromatic nitrogens is 2. The van der Waals surface area contributed by atoms with Crippen LogP contribution in [0.15, 0.2) is 11.4 Å². The summed E-state index contributed by atoms with van der Waals surface area (Å²) < 4.78 is 0. The minimum Gasteiger partial charge on any atom is -0.356 e. The molecule has 1 saturated heterocycles. The SMILES string of the molecule is CCNc1nc(N2CCCC(C)(C)CC2)c2ccsc2n1. The van der Waals surface area contributed by atoms with E-state index in [-0.39, 0.29) is 0 Å². The van der Waals surface area contributed by atoms with Crippen molar-refractivity contribution in [3.8, 4) is 0 Å². The first-order valence-corrected chi connectivity index (χ1v) is 8.71. The van der Waals surface area contributed by atoms with Gasteiger partial charge in [0.1, 0.15) is 10.6 Å². The number of rotatable bonds is 3. The molecule has 5 heteroatoms. The van der Waals surface area contributed by atoms with Gasteiger partial charge in [-0.3, -0.25) is 0 Å². The molecule has 114 valence electrons. The molecule has 1 aliphatic heterocycles. The normalized spacial score (nSPS) is 18.7. The molecule has 0 unspecified atom stereocenters. The van der Waals surface area contributed by atoms with Crippen LogP contribution in [0.25, 0.3) is 10.2 Å². The third-order valence-electron chi connectivity index (χ3n) is 4.28. The second kappa shape index (κ2) is 5.79. The highest BCUT2D eigenvalue weighted by Crippen LogP contribution is 2.34. The molecule has 0 bridgehead atoms. The van der Waals surface area contributed by atoms with Gasteiger partial charge < -0.3 is 10.2 Å². The fourth-order valence-electron chi connectivity index (χ4n) is 2.95. The number of hydrogen-bond acceptors (Lipinski definition) is 5. The second-order valence-corrected chi connectivity index (χ2v) is 7.44. The molecule has 0 radical (unpaired) electrons. The van der Waals surface area contributed by atoms with E-state index in [0.29, 0.717) is 5.41 Å². The van der Waals surface area contributed by atoms with Crippen molar-refractivity contribution in [2.45, 2.75) is 40.0 Å². The number of nitrogens with one attached hydrogen (secondary N) is 1. The minimum absolute atomic E-state index is 0.444. The van der Waals surface area contributed by atoms with Crippen molar-refractivity contribution in [1.82, 2.24) is 9.97 Å². The molecule has 2 aromatic rings. The molecule has 0 spiro atoms. The average molecular weight is 304 g/mol. The quantitative estimate of drug-likeness (QED) is 0.925. The topological polar surface area (TPSA) is 41.1 Å². The largest absolute Gasteiger partial charge is 0.356 e. The van der Waals surface area contributed by atoms with E-state index >= 15 is 0 Å². The van der Waals surface area contributed by atoms with Crippen LogP contribution in [0.5, 0.6) is 0 Å². The maximum atomic E-state index is 4.79.